The van der Waals surface area contributed by atoms with Crippen LogP contribution in [-0.2, 0) is 0 Å². The van der Waals surface area contributed by atoms with Crippen molar-refractivity contribution in [2.75, 3.05) is 14.1 Å². The van der Waals surface area contributed by atoms with E-state index in [1.54, 1.807) is 19.1 Å². The summed E-state index contributed by atoms with van der Waals surface area (Å²) in [5.74, 6) is 0.238. The average Bonchev–Trinajstić information content (AvgIpc) is 2.07. The number of nitrogens with zero attached hydrogens (tertiary/aromatic N) is 3. The van der Waals surface area contributed by atoms with Gasteiger partial charge in [0.1, 0.15) is 5.71 Å². The fourth-order valence-electron chi connectivity index (χ4n) is 1.85. The summed E-state index contributed by atoms with van der Waals surface area (Å²) in [7, 11) is 3.59. The van der Waals surface area contributed by atoms with Crippen LogP contribution in [0.1, 0.15) is 26.2 Å². The molecule has 0 spiro atoms. The van der Waals surface area contributed by atoms with E-state index >= 15 is 0 Å². The Labute approximate surface area is 83.9 Å². The Morgan fingerprint density at radius 3 is 2.64 bits per heavy atom. The highest BCUT2D eigenvalue weighted by Crippen LogP contribution is 2.23. The van der Waals surface area contributed by atoms with Gasteiger partial charge in [-0.15, -0.1) is 0 Å². The third-order valence-corrected chi connectivity index (χ3v) is 2.53. The van der Waals surface area contributed by atoms with Crippen molar-refractivity contribution in [1.82, 2.24) is 5.01 Å². The molecular formula is C9H17N3O2. The molecule has 0 aliphatic heterocycles. The zero-order valence-corrected chi connectivity index (χ0v) is 8.93. The molecule has 80 valence electrons. The average molecular weight is 199 g/mol. The lowest BCUT2D eigenvalue weighted by atomic mass is 9.85. The highest BCUT2D eigenvalue weighted by Gasteiger charge is 2.34. The van der Waals surface area contributed by atoms with E-state index in [0.717, 1.165) is 18.6 Å². The molecule has 0 aromatic heterocycles. The molecule has 0 heterocycles. The molecule has 1 saturated carbocycles. The van der Waals surface area contributed by atoms with Crippen LogP contribution in [0.5, 0.6) is 0 Å². The van der Waals surface area contributed by atoms with Gasteiger partial charge in [-0.2, -0.15) is 5.10 Å². The van der Waals surface area contributed by atoms with E-state index in [-0.39, 0.29) is 10.8 Å². The minimum atomic E-state index is -0.568. The van der Waals surface area contributed by atoms with Gasteiger partial charge in [-0.3, -0.25) is 10.1 Å². The van der Waals surface area contributed by atoms with Crippen molar-refractivity contribution in [3.05, 3.63) is 10.1 Å². The van der Waals surface area contributed by atoms with Crippen molar-refractivity contribution in [1.29, 1.82) is 0 Å². The molecule has 1 fully saturated rings. The molecule has 0 N–H and O–H groups in total. The summed E-state index contributed by atoms with van der Waals surface area (Å²) >= 11 is 0. The van der Waals surface area contributed by atoms with Gasteiger partial charge < -0.3 is 5.01 Å². The lowest BCUT2D eigenvalue weighted by Gasteiger charge is -2.24. The van der Waals surface area contributed by atoms with Gasteiger partial charge in [0.15, 0.2) is 0 Å². The molecule has 1 rings (SSSR count). The first-order valence-corrected chi connectivity index (χ1v) is 4.91. The van der Waals surface area contributed by atoms with E-state index < -0.39 is 6.04 Å². The second kappa shape index (κ2) is 4.39. The molecule has 1 aliphatic carbocycles. The number of hydrogen-bond donors (Lipinski definition) is 0. The molecule has 2 atom stereocenters. The largest absolute Gasteiger partial charge is 0.303 e. The highest BCUT2D eigenvalue weighted by atomic mass is 16.6. The SMILES string of the molecule is CC1CCCC([N+](=O)[O-])/C1=N\N(C)C. The van der Waals surface area contributed by atoms with Gasteiger partial charge in [-0.1, -0.05) is 6.92 Å². The smallest absolute Gasteiger partial charge is 0.252 e. The third kappa shape index (κ3) is 2.43. The minimum absolute atomic E-state index is 0.210. The molecule has 0 amide bonds. The fraction of sp³-hybridized carbons (Fsp3) is 0.889. The van der Waals surface area contributed by atoms with Crippen LogP contribution in [0.3, 0.4) is 0 Å². The molecule has 5 heteroatoms. The maximum atomic E-state index is 10.8. The standard InChI is InChI=1S/C9H17N3O2/c1-7-5-4-6-8(12(13)14)9(7)10-11(2)3/h7-8H,4-6H2,1-3H3/b10-9-. The zero-order chi connectivity index (χ0) is 10.7. The van der Waals surface area contributed by atoms with Crippen molar-refractivity contribution in [3.63, 3.8) is 0 Å². The maximum Gasteiger partial charge on any atom is 0.252 e. The van der Waals surface area contributed by atoms with Gasteiger partial charge in [0, 0.05) is 31.4 Å². The Hall–Kier alpha value is -1.13. The Balaban J connectivity index is 2.86. The van der Waals surface area contributed by atoms with Crippen molar-refractivity contribution in [2.24, 2.45) is 11.0 Å². The van der Waals surface area contributed by atoms with Gasteiger partial charge in [-0.25, -0.2) is 0 Å². The zero-order valence-electron chi connectivity index (χ0n) is 8.93. The Morgan fingerprint density at radius 2 is 2.14 bits per heavy atom. The lowest BCUT2D eigenvalue weighted by Crippen LogP contribution is -2.38. The van der Waals surface area contributed by atoms with E-state index in [4.69, 9.17) is 0 Å². The van der Waals surface area contributed by atoms with Crippen LogP contribution < -0.4 is 0 Å². The van der Waals surface area contributed by atoms with Gasteiger partial charge in [0.2, 0.25) is 0 Å². The van der Waals surface area contributed by atoms with Crippen molar-refractivity contribution in [2.45, 2.75) is 32.2 Å². The van der Waals surface area contributed by atoms with E-state index in [1.807, 2.05) is 6.92 Å². The van der Waals surface area contributed by atoms with Crippen LogP contribution in [0.15, 0.2) is 5.10 Å². The maximum absolute atomic E-state index is 10.8. The van der Waals surface area contributed by atoms with Gasteiger partial charge in [0.05, 0.1) is 0 Å². The lowest BCUT2D eigenvalue weighted by molar-refractivity contribution is -0.505. The summed E-state index contributed by atoms with van der Waals surface area (Å²) in [6, 6.07) is -0.568. The number of rotatable bonds is 2. The first-order chi connectivity index (χ1) is 6.52. The van der Waals surface area contributed by atoms with Crippen LogP contribution >= 0.6 is 0 Å². The molecule has 2 unspecified atom stereocenters. The van der Waals surface area contributed by atoms with Crippen molar-refractivity contribution < 1.29 is 4.92 Å². The topological polar surface area (TPSA) is 58.7 Å². The van der Waals surface area contributed by atoms with E-state index in [1.165, 1.54) is 0 Å². The quantitative estimate of drug-likeness (QED) is 0.498. The predicted octanol–water partition coefficient (Wildman–Crippen LogP) is 1.37. The normalized spacial score (nSPS) is 30.4. The number of nitro groups is 1. The second-order valence-corrected chi connectivity index (χ2v) is 4.01. The van der Waals surface area contributed by atoms with Gasteiger partial charge in [0.25, 0.3) is 6.04 Å². The number of hydrazone groups is 1. The molecule has 0 radical (unpaired) electrons. The van der Waals surface area contributed by atoms with Crippen LogP contribution in [0.25, 0.3) is 0 Å². The predicted molar refractivity (Wildman–Crippen MR) is 54.9 cm³/mol. The van der Waals surface area contributed by atoms with E-state index in [9.17, 15) is 10.1 Å². The summed E-state index contributed by atoms with van der Waals surface area (Å²) < 4.78 is 0. The molecule has 1 aliphatic rings. The van der Waals surface area contributed by atoms with Crippen LogP contribution in [0, 0.1) is 16.0 Å². The highest BCUT2D eigenvalue weighted by molar-refractivity contribution is 5.90. The second-order valence-electron chi connectivity index (χ2n) is 4.01. The Bertz CT molecular complexity index is 250. The van der Waals surface area contributed by atoms with Crippen LogP contribution in [0.4, 0.5) is 0 Å². The molecule has 14 heavy (non-hydrogen) atoms. The summed E-state index contributed by atoms with van der Waals surface area (Å²) in [5.41, 5.74) is 0.728. The van der Waals surface area contributed by atoms with E-state index in [2.05, 4.69) is 5.10 Å². The summed E-state index contributed by atoms with van der Waals surface area (Å²) in [4.78, 5) is 10.6. The molecule has 0 bridgehead atoms. The summed E-state index contributed by atoms with van der Waals surface area (Å²) in [6.45, 7) is 2.01. The van der Waals surface area contributed by atoms with Crippen LogP contribution in [0.2, 0.25) is 0 Å². The molecule has 0 aromatic carbocycles. The summed E-state index contributed by atoms with van der Waals surface area (Å²) in [6.07, 6.45) is 2.57. The first-order valence-electron chi connectivity index (χ1n) is 4.91. The minimum Gasteiger partial charge on any atom is -0.303 e. The third-order valence-electron chi connectivity index (χ3n) is 2.53. The Kier molecular flexibility index (Phi) is 3.43. The van der Waals surface area contributed by atoms with Crippen LogP contribution in [-0.4, -0.2) is 35.8 Å². The monoisotopic (exact) mass is 199 g/mol. The summed E-state index contributed by atoms with van der Waals surface area (Å²) in [5, 5.41) is 16.7. The fourth-order valence-corrected chi connectivity index (χ4v) is 1.85. The van der Waals surface area contributed by atoms with E-state index in [0.29, 0.717) is 6.42 Å². The van der Waals surface area contributed by atoms with Gasteiger partial charge >= 0.3 is 0 Å². The van der Waals surface area contributed by atoms with Crippen molar-refractivity contribution in [3.8, 4) is 0 Å². The Morgan fingerprint density at radius 1 is 1.50 bits per heavy atom. The molecule has 0 aromatic rings. The first kappa shape index (κ1) is 10.9. The van der Waals surface area contributed by atoms with Gasteiger partial charge in [-0.05, 0) is 12.8 Å². The molecule has 0 saturated heterocycles. The molecule has 5 nitrogen and oxygen atoms in total. The molecular weight excluding hydrogens is 182 g/mol. The number of hydrogen-bond acceptors (Lipinski definition) is 4. The van der Waals surface area contributed by atoms with Crippen molar-refractivity contribution >= 4 is 5.71 Å².